The van der Waals surface area contributed by atoms with Crippen LogP contribution in [-0.2, 0) is 16.1 Å². The number of hydrogen-bond donors (Lipinski definition) is 2. The number of amides is 1. The van der Waals surface area contributed by atoms with Crippen LogP contribution in [0.5, 0.6) is 0 Å². The molecule has 1 aliphatic rings. The molecule has 0 bridgehead atoms. The second kappa shape index (κ2) is 7.39. The molecule has 2 N–H and O–H groups in total. The molecule has 2 heterocycles. The standard InChI is InChI=1S/C17H22N4O2/c1-13-19-6-8-21(13)16-5-3-2-4-14(16)11-20-17(22)10-15-12-18-7-9-23-15/h2-6,8,15,18H,7,9-12H2,1H3,(H,20,22). The molecule has 0 saturated carbocycles. The first kappa shape index (κ1) is 15.7. The summed E-state index contributed by atoms with van der Waals surface area (Å²) in [6, 6.07) is 8.02. The van der Waals surface area contributed by atoms with Crippen LogP contribution in [0.15, 0.2) is 36.7 Å². The summed E-state index contributed by atoms with van der Waals surface area (Å²) in [5.41, 5.74) is 2.10. The van der Waals surface area contributed by atoms with Crippen molar-refractivity contribution in [1.82, 2.24) is 20.2 Å². The lowest BCUT2D eigenvalue weighted by Gasteiger charge is -2.23. The minimum atomic E-state index is -0.0325. The third-order valence-corrected chi connectivity index (χ3v) is 3.97. The maximum atomic E-state index is 12.1. The van der Waals surface area contributed by atoms with E-state index in [4.69, 9.17) is 4.74 Å². The summed E-state index contributed by atoms with van der Waals surface area (Å²) >= 11 is 0. The molecule has 2 aromatic rings. The van der Waals surface area contributed by atoms with Gasteiger partial charge in [-0.25, -0.2) is 4.98 Å². The molecule has 1 saturated heterocycles. The van der Waals surface area contributed by atoms with E-state index in [0.717, 1.165) is 30.2 Å². The normalized spacial score (nSPS) is 17.9. The van der Waals surface area contributed by atoms with Gasteiger partial charge in [-0.2, -0.15) is 0 Å². The van der Waals surface area contributed by atoms with Gasteiger partial charge in [0.1, 0.15) is 5.82 Å². The zero-order valence-electron chi connectivity index (χ0n) is 13.3. The summed E-state index contributed by atoms with van der Waals surface area (Å²) in [7, 11) is 0. The molecule has 1 aromatic carbocycles. The highest BCUT2D eigenvalue weighted by atomic mass is 16.5. The SMILES string of the molecule is Cc1nccn1-c1ccccc1CNC(=O)CC1CNCCO1. The van der Waals surface area contributed by atoms with Crippen LogP contribution in [0.1, 0.15) is 17.8 Å². The summed E-state index contributed by atoms with van der Waals surface area (Å²) in [6.07, 6.45) is 4.06. The maximum Gasteiger partial charge on any atom is 0.222 e. The minimum absolute atomic E-state index is 0.0101. The van der Waals surface area contributed by atoms with Crippen molar-refractivity contribution < 1.29 is 9.53 Å². The number of para-hydroxylation sites is 1. The molecule has 0 spiro atoms. The van der Waals surface area contributed by atoms with Gasteiger partial charge in [-0.15, -0.1) is 0 Å². The van der Waals surface area contributed by atoms with Crippen LogP contribution < -0.4 is 10.6 Å². The Morgan fingerprint density at radius 3 is 3.09 bits per heavy atom. The highest BCUT2D eigenvalue weighted by Gasteiger charge is 2.17. The molecule has 1 amide bonds. The van der Waals surface area contributed by atoms with Crippen molar-refractivity contribution in [1.29, 1.82) is 0 Å². The summed E-state index contributed by atoms with van der Waals surface area (Å²) in [6.45, 7) is 4.71. The Balaban J connectivity index is 1.62. The predicted octanol–water partition coefficient (Wildman–Crippen LogP) is 1.18. The molecule has 6 nitrogen and oxygen atoms in total. The molecular formula is C17H22N4O2. The molecule has 6 heteroatoms. The number of hydrogen-bond acceptors (Lipinski definition) is 4. The highest BCUT2D eigenvalue weighted by Crippen LogP contribution is 2.16. The van der Waals surface area contributed by atoms with Crippen molar-refractivity contribution in [2.75, 3.05) is 19.7 Å². The van der Waals surface area contributed by atoms with E-state index in [1.165, 1.54) is 0 Å². The molecule has 122 valence electrons. The highest BCUT2D eigenvalue weighted by molar-refractivity contribution is 5.76. The molecule has 1 aliphatic heterocycles. The second-order valence-electron chi connectivity index (χ2n) is 5.65. The van der Waals surface area contributed by atoms with Crippen LogP contribution in [-0.4, -0.2) is 41.3 Å². The first-order valence-corrected chi connectivity index (χ1v) is 7.91. The Kier molecular flexibility index (Phi) is 5.05. The topological polar surface area (TPSA) is 68.2 Å². The van der Waals surface area contributed by atoms with E-state index >= 15 is 0 Å². The van der Waals surface area contributed by atoms with Gasteiger partial charge >= 0.3 is 0 Å². The number of aromatic nitrogens is 2. The van der Waals surface area contributed by atoms with E-state index in [2.05, 4.69) is 15.6 Å². The van der Waals surface area contributed by atoms with Crippen molar-refractivity contribution in [3.05, 3.63) is 48.0 Å². The Morgan fingerprint density at radius 1 is 1.48 bits per heavy atom. The third-order valence-electron chi connectivity index (χ3n) is 3.97. The Hall–Kier alpha value is -2.18. The lowest BCUT2D eigenvalue weighted by Crippen LogP contribution is -2.41. The number of rotatable bonds is 5. The number of carbonyl (C=O) groups excluding carboxylic acids is 1. The van der Waals surface area contributed by atoms with Crippen LogP contribution in [0, 0.1) is 6.92 Å². The smallest absolute Gasteiger partial charge is 0.222 e. The number of nitrogens with one attached hydrogen (secondary N) is 2. The number of carbonyl (C=O) groups is 1. The van der Waals surface area contributed by atoms with Crippen molar-refractivity contribution in [3.8, 4) is 5.69 Å². The quantitative estimate of drug-likeness (QED) is 0.869. The van der Waals surface area contributed by atoms with Crippen LogP contribution in [0.25, 0.3) is 5.69 Å². The molecule has 3 rings (SSSR count). The third kappa shape index (κ3) is 3.97. The molecule has 0 aliphatic carbocycles. The molecular weight excluding hydrogens is 292 g/mol. The minimum Gasteiger partial charge on any atom is -0.375 e. The number of ether oxygens (including phenoxy) is 1. The number of nitrogens with zero attached hydrogens (tertiary/aromatic N) is 2. The van der Waals surface area contributed by atoms with E-state index in [9.17, 15) is 4.79 Å². The Morgan fingerprint density at radius 2 is 2.35 bits per heavy atom. The predicted molar refractivity (Wildman–Crippen MR) is 87.4 cm³/mol. The number of aryl methyl sites for hydroxylation is 1. The van der Waals surface area contributed by atoms with E-state index < -0.39 is 0 Å². The van der Waals surface area contributed by atoms with Crippen molar-refractivity contribution in [2.24, 2.45) is 0 Å². The van der Waals surface area contributed by atoms with Gasteiger partial charge in [-0.05, 0) is 18.6 Å². The van der Waals surface area contributed by atoms with Gasteiger partial charge in [0.15, 0.2) is 0 Å². The van der Waals surface area contributed by atoms with Crippen molar-refractivity contribution in [3.63, 3.8) is 0 Å². The van der Waals surface area contributed by atoms with Crippen LogP contribution in [0.2, 0.25) is 0 Å². The summed E-state index contributed by atoms with van der Waals surface area (Å²) < 4.78 is 7.59. The van der Waals surface area contributed by atoms with Crippen molar-refractivity contribution in [2.45, 2.75) is 26.0 Å². The fourth-order valence-corrected chi connectivity index (χ4v) is 2.75. The van der Waals surface area contributed by atoms with Gasteiger partial charge in [0.05, 0.1) is 24.8 Å². The van der Waals surface area contributed by atoms with Gasteiger partial charge in [-0.3, -0.25) is 4.79 Å². The number of benzene rings is 1. The number of imidazole rings is 1. The first-order chi connectivity index (χ1) is 11.2. The molecule has 1 atom stereocenters. The zero-order valence-corrected chi connectivity index (χ0v) is 13.3. The first-order valence-electron chi connectivity index (χ1n) is 7.91. The van der Waals surface area contributed by atoms with Crippen LogP contribution in [0.4, 0.5) is 0 Å². The average molecular weight is 314 g/mol. The molecule has 23 heavy (non-hydrogen) atoms. The Bertz CT molecular complexity index is 662. The van der Waals surface area contributed by atoms with Gasteiger partial charge in [0, 0.05) is 32.0 Å². The molecule has 1 fully saturated rings. The summed E-state index contributed by atoms with van der Waals surface area (Å²) in [4.78, 5) is 16.4. The van der Waals surface area contributed by atoms with Gasteiger partial charge in [0.25, 0.3) is 0 Å². The maximum absolute atomic E-state index is 12.1. The van der Waals surface area contributed by atoms with Gasteiger partial charge in [-0.1, -0.05) is 18.2 Å². The lowest BCUT2D eigenvalue weighted by molar-refractivity contribution is -0.124. The van der Waals surface area contributed by atoms with E-state index in [1.807, 2.05) is 42.0 Å². The summed E-state index contributed by atoms with van der Waals surface area (Å²) in [5, 5.41) is 6.22. The van der Waals surface area contributed by atoms with Gasteiger partial charge in [0.2, 0.25) is 5.91 Å². The Labute approximate surface area is 135 Å². The average Bonchev–Trinajstić information content (AvgIpc) is 3.00. The monoisotopic (exact) mass is 314 g/mol. The van der Waals surface area contributed by atoms with Crippen LogP contribution >= 0.6 is 0 Å². The fourth-order valence-electron chi connectivity index (χ4n) is 2.75. The lowest BCUT2D eigenvalue weighted by atomic mass is 10.1. The molecule has 1 aromatic heterocycles. The largest absolute Gasteiger partial charge is 0.375 e. The van der Waals surface area contributed by atoms with Crippen LogP contribution in [0.3, 0.4) is 0 Å². The van der Waals surface area contributed by atoms with E-state index in [-0.39, 0.29) is 12.0 Å². The summed E-state index contributed by atoms with van der Waals surface area (Å²) in [5.74, 6) is 0.932. The fraction of sp³-hybridized carbons (Fsp3) is 0.412. The van der Waals surface area contributed by atoms with Gasteiger partial charge < -0.3 is 19.9 Å². The zero-order chi connectivity index (χ0) is 16.1. The molecule has 0 radical (unpaired) electrons. The molecule has 1 unspecified atom stereocenters. The van der Waals surface area contributed by atoms with Crippen molar-refractivity contribution >= 4 is 5.91 Å². The van der Waals surface area contributed by atoms with E-state index in [0.29, 0.717) is 19.6 Å². The van der Waals surface area contributed by atoms with E-state index in [1.54, 1.807) is 6.20 Å². The second-order valence-corrected chi connectivity index (χ2v) is 5.65. The number of morpholine rings is 1.